The lowest BCUT2D eigenvalue weighted by Gasteiger charge is -2.18. The van der Waals surface area contributed by atoms with Crippen molar-refractivity contribution in [1.29, 1.82) is 0 Å². The molecule has 0 aromatic heterocycles. The van der Waals surface area contributed by atoms with Crippen LogP contribution in [0.2, 0.25) is 0 Å². The summed E-state index contributed by atoms with van der Waals surface area (Å²) >= 11 is 0. The van der Waals surface area contributed by atoms with Crippen molar-refractivity contribution >= 4 is 17.9 Å². The van der Waals surface area contributed by atoms with Crippen molar-refractivity contribution in [2.24, 2.45) is 0 Å². The Morgan fingerprint density at radius 2 is 0.476 bits per heavy atom. The van der Waals surface area contributed by atoms with Gasteiger partial charge in [-0.05, 0) is 141 Å². The molecule has 0 N–H and O–H groups in total. The first-order chi connectivity index (χ1) is 40.5. The molecule has 82 heavy (non-hydrogen) atoms. The van der Waals surface area contributed by atoms with Crippen LogP contribution in [-0.4, -0.2) is 37.2 Å². The van der Waals surface area contributed by atoms with Crippen LogP contribution in [0.15, 0.2) is 146 Å². The van der Waals surface area contributed by atoms with Crippen LogP contribution in [0.4, 0.5) is 0 Å². The smallest absolute Gasteiger partial charge is 0.306 e. The minimum Gasteiger partial charge on any atom is -0.462 e. The fourth-order valence-corrected chi connectivity index (χ4v) is 9.06. The highest BCUT2D eigenvalue weighted by molar-refractivity contribution is 5.71. The molecule has 6 heteroatoms. The van der Waals surface area contributed by atoms with Gasteiger partial charge >= 0.3 is 17.9 Å². The maximum absolute atomic E-state index is 13.0. The maximum atomic E-state index is 13.0. The van der Waals surface area contributed by atoms with Crippen LogP contribution in [0, 0.1) is 0 Å². The quantitative estimate of drug-likeness (QED) is 0.0261. The van der Waals surface area contributed by atoms with Gasteiger partial charge in [0, 0.05) is 19.3 Å². The van der Waals surface area contributed by atoms with Crippen LogP contribution in [0.5, 0.6) is 0 Å². The van der Waals surface area contributed by atoms with Gasteiger partial charge in [0.2, 0.25) is 0 Å². The number of ether oxygens (including phenoxy) is 3. The van der Waals surface area contributed by atoms with Crippen molar-refractivity contribution in [2.45, 2.75) is 303 Å². The predicted molar refractivity (Wildman–Crippen MR) is 357 cm³/mol. The Morgan fingerprint density at radius 1 is 0.256 bits per heavy atom. The molecule has 0 aliphatic heterocycles. The van der Waals surface area contributed by atoms with Crippen molar-refractivity contribution in [3.05, 3.63) is 146 Å². The second-order valence-corrected chi connectivity index (χ2v) is 22.0. The van der Waals surface area contributed by atoms with Gasteiger partial charge in [0.15, 0.2) is 6.10 Å². The van der Waals surface area contributed by atoms with Gasteiger partial charge in [-0.3, -0.25) is 14.4 Å². The highest BCUT2D eigenvalue weighted by atomic mass is 16.6. The van der Waals surface area contributed by atoms with Gasteiger partial charge in [0.1, 0.15) is 13.2 Å². The number of hydrogen-bond acceptors (Lipinski definition) is 6. The first-order valence-electron chi connectivity index (χ1n) is 33.8. The van der Waals surface area contributed by atoms with Gasteiger partial charge in [-0.15, -0.1) is 0 Å². The van der Waals surface area contributed by atoms with E-state index >= 15 is 0 Å². The Hall–Kier alpha value is -4.71. The van der Waals surface area contributed by atoms with E-state index in [-0.39, 0.29) is 31.1 Å². The molecular weight excluding hydrogens is 1010 g/mol. The molecule has 0 aliphatic rings. The van der Waals surface area contributed by atoms with Gasteiger partial charge in [-0.1, -0.05) is 282 Å². The minimum absolute atomic E-state index is 0.0960. The largest absolute Gasteiger partial charge is 0.462 e. The second kappa shape index (κ2) is 68.8. The Bertz CT molecular complexity index is 1780. The van der Waals surface area contributed by atoms with E-state index in [0.29, 0.717) is 19.3 Å². The molecule has 1 unspecified atom stereocenters. The van der Waals surface area contributed by atoms with Crippen molar-refractivity contribution < 1.29 is 28.6 Å². The Morgan fingerprint density at radius 3 is 0.744 bits per heavy atom. The normalized spacial score (nSPS) is 13.1. The zero-order chi connectivity index (χ0) is 59.2. The van der Waals surface area contributed by atoms with E-state index < -0.39 is 6.10 Å². The molecule has 0 aromatic rings. The first kappa shape index (κ1) is 77.3. The molecule has 464 valence electrons. The van der Waals surface area contributed by atoms with E-state index in [1.807, 2.05) is 0 Å². The molecule has 0 aromatic carbocycles. The van der Waals surface area contributed by atoms with E-state index in [1.165, 1.54) is 96.3 Å². The lowest BCUT2D eigenvalue weighted by molar-refractivity contribution is -0.167. The Kier molecular flexibility index (Phi) is 64.8. The lowest BCUT2D eigenvalue weighted by Crippen LogP contribution is -2.30. The van der Waals surface area contributed by atoms with E-state index in [1.54, 1.807) is 0 Å². The SMILES string of the molecule is CC/C=C\C/C=C\C/C=C\C/C=C\C/C=C\C/C=C\CCCCCCCCC(=O)OCC(COC(=O)CCCCCCC/C=C\C/C=C\CCCCCC)OC(=O)CCCCCCCCCCCC/C=C\C/C=C\C/C=C\C/C=C\CC. The topological polar surface area (TPSA) is 78.9 Å². The fourth-order valence-electron chi connectivity index (χ4n) is 9.06. The Balaban J connectivity index is 4.44. The summed E-state index contributed by atoms with van der Waals surface area (Å²) in [6, 6.07) is 0. The highest BCUT2D eigenvalue weighted by Crippen LogP contribution is 2.15. The summed E-state index contributed by atoms with van der Waals surface area (Å²) in [6.45, 7) is 6.38. The molecule has 0 aliphatic carbocycles. The molecule has 0 fully saturated rings. The van der Waals surface area contributed by atoms with E-state index in [4.69, 9.17) is 14.2 Å². The van der Waals surface area contributed by atoms with Gasteiger partial charge in [-0.25, -0.2) is 0 Å². The summed E-state index contributed by atoms with van der Waals surface area (Å²) in [5, 5.41) is 0. The van der Waals surface area contributed by atoms with Crippen LogP contribution in [0.1, 0.15) is 297 Å². The van der Waals surface area contributed by atoms with Gasteiger partial charge < -0.3 is 14.2 Å². The summed E-state index contributed by atoms with van der Waals surface area (Å²) in [5.74, 6) is -0.924. The molecule has 0 bridgehead atoms. The first-order valence-corrected chi connectivity index (χ1v) is 33.8. The number of rotatable bonds is 60. The number of carbonyl (C=O) groups is 3. The number of esters is 3. The molecule has 0 heterocycles. The number of unbranched alkanes of at least 4 members (excludes halogenated alkanes) is 25. The van der Waals surface area contributed by atoms with Gasteiger partial charge in [0.25, 0.3) is 0 Å². The number of allylic oxidation sites excluding steroid dienone is 24. The molecule has 0 spiro atoms. The van der Waals surface area contributed by atoms with Crippen LogP contribution in [0.3, 0.4) is 0 Å². The molecule has 0 amide bonds. The van der Waals surface area contributed by atoms with E-state index in [9.17, 15) is 14.4 Å². The average molecular weight is 1130 g/mol. The number of carbonyl (C=O) groups excluding carboxylic acids is 3. The molecule has 0 radical (unpaired) electrons. The monoisotopic (exact) mass is 1130 g/mol. The molecule has 6 nitrogen and oxygen atoms in total. The standard InChI is InChI=1S/C76H124O6/c1-4-7-10-13-16-19-22-25-28-31-33-35-37-38-40-41-43-45-48-51-54-57-60-63-66-69-75(78)81-72-73(71-80-74(77)68-65-62-59-56-53-50-47-30-27-24-21-18-15-12-9-6-3)82-76(79)70-67-64-61-58-55-52-49-46-44-42-39-36-34-32-29-26-23-20-17-14-11-8-5-2/h7-8,10-11,16-17,19-21,24-26,28-30,33-36,38,40,43,45,47,73H,4-6,9,12-15,18,22-23,27,31-32,37,39,41-42,44,46,48-72H2,1-3H3/b10-7-,11-8-,19-16-,20-17-,24-21-,28-25-,29-26-,35-33-,36-34-,40-38-,45-43-,47-30-. The zero-order valence-corrected chi connectivity index (χ0v) is 53.2. The van der Waals surface area contributed by atoms with Crippen molar-refractivity contribution in [2.75, 3.05) is 13.2 Å². The molecule has 0 saturated carbocycles. The maximum Gasteiger partial charge on any atom is 0.306 e. The summed E-state index contributed by atoms with van der Waals surface area (Å²) in [5.41, 5.74) is 0. The third kappa shape index (κ3) is 66.1. The molecule has 1 atom stereocenters. The van der Waals surface area contributed by atoms with Crippen LogP contribution >= 0.6 is 0 Å². The van der Waals surface area contributed by atoms with Gasteiger partial charge in [-0.2, -0.15) is 0 Å². The second-order valence-electron chi connectivity index (χ2n) is 22.0. The summed E-state index contributed by atoms with van der Waals surface area (Å²) < 4.78 is 17.0. The highest BCUT2D eigenvalue weighted by Gasteiger charge is 2.19. The molecule has 0 saturated heterocycles. The van der Waals surface area contributed by atoms with Crippen molar-refractivity contribution in [1.82, 2.24) is 0 Å². The third-order valence-electron chi connectivity index (χ3n) is 14.1. The van der Waals surface area contributed by atoms with Crippen LogP contribution < -0.4 is 0 Å². The van der Waals surface area contributed by atoms with E-state index in [0.717, 1.165) is 161 Å². The van der Waals surface area contributed by atoms with E-state index in [2.05, 4.69) is 167 Å². The summed E-state index contributed by atoms with van der Waals surface area (Å²) in [6.07, 6.45) is 98.5. The third-order valence-corrected chi connectivity index (χ3v) is 14.1. The fraction of sp³-hybridized carbons (Fsp3) is 0.645. The zero-order valence-electron chi connectivity index (χ0n) is 53.2. The number of hydrogen-bond donors (Lipinski definition) is 0. The average Bonchev–Trinajstić information content (AvgIpc) is 3.47. The summed E-state index contributed by atoms with van der Waals surface area (Å²) in [4.78, 5) is 38.4. The molecule has 0 rings (SSSR count). The van der Waals surface area contributed by atoms with Crippen molar-refractivity contribution in [3.63, 3.8) is 0 Å². The van der Waals surface area contributed by atoms with Crippen molar-refractivity contribution in [3.8, 4) is 0 Å². The lowest BCUT2D eigenvalue weighted by atomic mass is 10.0. The van der Waals surface area contributed by atoms with Crippen LogP contribution in [0.25, 0.3) is 0 Å². The molecular formula is C76H124O6. The van der Waals surface area contributed by atoms with Crippen LogP contribution in [-0.2, 0) is 28.6 Å². The van der Waals surface area contributed by atoms with Gasteiger partial charge in [0.05, 0.1) is 0 Å². The predicted octanol–water partition coefficient (Wildman–Crippen LogP) is 23.5. The summed E-state index contributed by atoms with van der Waals surface area (Å²) in [7, 11) is 0. The minimum atomic E-state index is -0.801. The Labute approximate surface area is 506 Å².